The average molecular weight is 257 g/mol. The topological polar surface area (TPSA) is 67.3 Å². The second-order valence-corrected chi connectivity index (χ2v) is 4.89. The molecule has 6 heteroatoms. The van der Waals surface area contributed by atoms with E-state index < -0.39 is 0 Å². The van der Waals surface area contributed by atoms with Crippen LogP contribution in [0.4, 0.5) is 0 Å². The molecule has 0 saturated heterocycles. The lowest BCUT2D eigenvalue weighted by atomic mass is 10.1. The number of benzene rings is 1. The minimum absolute atomic E-state index is 0.674. The van der Waals surface area contributed by atoms with E-state index in [1.807, 2.05) is 30.3 Å². The van der Waals surface area contributed by atoms with Gasteiger partial charge in [0, 0.05) is 5.56 Å². The summed E-state index contributed by atoms with van der Waals surface area (Å²) < 4.78 is 0. The number of H-pyrrole nitrogens is 1. The zero-order chi connectivity index (χ0) is 12.4. The van der Waals surface area contributed by atoms with Crippen LogP contribution in [0.25, 0.3) is 22.4 Å². The number of hydrogen-bond donors (Lipinski definition) is 1. The molecule has 1 aromatic carbocycles. The van der Waals surface area contributed by atoms with Crippen molar-refractivity contribution < 1.29 is 0 Å². The predicted molar refractivity (Wildman–Crippen MR) is 71.3 cm³/mol. The van der Waals surface area contributed by atoms with Crippen molar-refractivity contribution in [3.63, 3.8) is 0 Å². The highest BCUT2D eigenvalue weighted by atomic mass is 32.2. The predicted octanol–water partition coefficient (Wildman–Crippen LogP) is 2.53. The Morgan fingerprint density at radius 1 is 1.17 bits per heavy atom. The van der Waals surface area contributed by atoms with E-state index in [2.05, 4.69) is 32.3 Å². The van der Waals surface area contributed by atoms with E-state index in [0.717, 1.165) is 17.0 Å². The zero-order valence-electron chi connectivity index (χ0n) is 9.79. The Morgan fingerprint density at radius 2 is 2.00 bits per heavy atom. The van der Waals surface area contributed by atoms with Gasteiger partial charge in [-0.1, -0.05) is 49.0 Å². The van der Waals surface area contributed by atoms with Crippen LogP contribution in [0.3, 0.4) is 0 Å². The van der Waals surface area contributed by atoms with Gasteiger partial charge in [-0.05, 0) is 5.75 Å². The highest BCUT2D eigenvalue weighted by Gasteiger charge is 2.11. The Balaban J connectivity index is 2.10. The van der Waals surface area contributed by atoms with Gasteiger partial charge in [0.05, 0.1) is 0 Å². The summed E-state index contributed by atoms with van der Waals surface area (Å²) in [5.41, 5.74) is 3.19. The minimum Gasteiger partial charge on any atom is -0.259 e. The molecule has 3 aromatic rings. The highest BCUT2D eigenvalue weighted by Crippen LogP contribution is 2.23. The van der Waals surface area contributed by atoms with Crippen molar-refractivity contribution in [3.8, 4) is 11.3 Å². The molecule has 0 saturated carbocycles. The van der Waals surface area contributed by atoms with Gasteiger partial charge in [-0.15, -0.1) is 10.2 Å². The molecule has 0 fully saturated rings. The van der Waals surface area contributed by atoms with Gasteiger partial charge in [0.25, 0.3) is 0 Å². The second kappa shape index (κ2) is 4.73. The van der Waals surface area contributed by atoms with E-state index in [-0.39, 0.29) is 0 Å². The molecule has 0 atom stereocenters. The van der Waals surface area contributed by atoms with Gasteiger partial charge < -0.3 is 0 Å². The van der Waals surface area contributed by atoms with Gasteiger partial charge in [0.2, 0.25) is 5.16 Å². The maximum Gasteiger partial charge on any atom is 0.211 e. The molecule has 0 bridgehead atoms. The van der Waals surface area contributed by atoms with Crippen molar-refractivity contribution in [3.05, 3.63) is 30.3 Å². The largest absolute Gasteiger partial charge is 0.259 e. The monoisotopic (exact) mass is 257 g/mol. The quantitative estimate of drug-likeness (QED) is 0.730. The number of nitrogens with zero attached hydrogens (tertiary/aromatic N) is 4. The third-order valence-corrected chi connectivity index (χ3v) is 3.21. The Labute approximate surface area is 108 Å². The highest BCUT2D eigenvalue weighted by molar-refractivity contribution is 7.99. The van der Waals surface area contributed by atoms with Crippen LogP contribution in [0.2, 0.25) is 0 Å². The van der Waals surface area contributed by atoms with Gasteiger partial charge in [0.1, 0.15) is 5.69 Å². The summed E-state index contributed by atoms with van der Waals surface area (Å²) in [6.45, 7) is 2.06. The second-order valence-electron chi connectivity index (χ2n) is 3.66. The third-order valence-electron chi connectivity index (χ3n) is 2.49. The van der Waals surface area contributed by atoms with Crippen molar-refractivity contribution >= 4 is 22.9 Å². The summed E-state index contributed by atoms with van der Waals surface area (Å²) >= 11 is 1.56. The first-order chi connectivity index (χ1) is 8.88. The van der Waals surface area contributed by atoms with Gasteiger partial charge >= 0.3 is 0 Å². The molecule has 0 aliphatic heterocycles. The van der Waals surface area contributed by atoms with Crippen LogP contribution in [0, 0.1) is 0 Å². The molecule has 90 valence electrons. The van der Waals surface area contributed by atoms with Gasteiger partial charge in [-0.25, -0.2) is 0 Å². The molecular weight excluding hydrogens is 246 g/mol. The fraction of sp³-hybridized carbons (Fsp3) is 0.167. The van der Waals surface area contributed by atoms with Gasteiger partial charge in [-0.2, -0.15) is 10.1 Å². The summed E-state index contributed by atoms with van der Waals surface area (Å²) in [4.78, 5) is 4.38. The number of aromatic amines is 1. The molecule has 2 aromatic heterocycles. The molecule has 0 spiro atoms. The molecule has 0 amide bonds. The number of thioether (sulfide) groups is 1. The first-order valence-electron chi connectivity index (χ1n) is 5.65. The van der Waals surface area contributed by atoms with E-state index in [4.69, 9.17) is 0 Å². The minimum atomic E-state index is 0.674. The average Bonchev–Trinajstić information content (AvgIpc) is 2.83. The molecular formula is C12H11N5S. The maximum atomic E-state index is 4.38. The van der Waals surface area contributed by atoms with Gasteiger partial charge in [-0.3, -0.25) is 5.10 Å². The van der Waals surface area contributed by atoms with Crippen LogP contribution in [-0.2, 0) is 0 Å². The lowest BCUT2D eigenvalue weighted by Crippen LogP contribution is -1.91. The summed E-state index contributed by atoms with van der Waals surface area (Å²) in [6, 6.07) is 9.90. The first kappa shape index (κ1) is 11.2. The van der Waals surface area contributed by atoms with Crippen LogP contribution in [0.15, 0.2) is 35.5 Å². The van der Waals surface area contributed by atoms with Crippen LogP contribution >= 0.6 is 11.8 Å². The fourth-order valence-electron chi connectivity index (χ4n) is 1.70. The number of rotatable bonds is 3. The van der Waals surface area contributed by atoms with Crippen LogP contribution in [-0.4, -0.2) is 31.1 Å². The SMILES string of the molecule is CCSc1nnc2c(-c3ccccc3)n[nH]c2n1. The van der Waals surface area contributed by atoms with Crippen molar-refractivity contribution in [2.24, 2.45) is 0 Å². The standard InChI is InChI=1S/C12H11N5S/c1-2-18-12-13-11-10(15-17-12)9(14-16-11)8-6-4-3-5-7-8/h3-7H,2H2,1H3,(H,13,14,16,17). The molecule has 0 aliphatic carbocycles. The number of nitrogens with one attached hydrogen (secondary N) is 1. The molecule has 0 radical (unpaired) electrons. The lowest BCUT2D eigenvalue weighted by molar-refractivity contribution is 0.875. The Morgan fingerprint density at radius 3 is 2.78 bits per heavy atom. The summed E-state index contributed by atoms with van der Waals surface area (Å²) in [7, 11) is 0. The molecule has 3 rings (SSSR count). The molecule has 2 heterocycles. The molecule has 18 heavy (non-hydrogen) atoms. The smallest absolute Gasteiger partial charge is 0.211 e. The Hall–Kier alpha value is -1.95. The summed E-state index contributed by atoms with van der Waals surface area (Å²) in [5.74, 6) is 0.923. The van der Waals surface area contributed by atoms with E-state index in [1.54, 1.807) is 11.8 Å². The maximum absolute atomic E-state index is 4.38. The summed E-state index contributed by atoms with van der Waals surface area (Å²) in [5, 5.41) is 16.2. The van der Waals surface area contributed by atoms with E-state index in [1.165, 1.54) is 0 Å². The zero-order valence-corrected chi connectivity index (χ0v) is 10.6. The van der Waals surface area contributed by atoms with E-state index in [9.17, 15) is 0 Å². The lowest BCUT2D eigenvalue weighted by Gasteiger charge is -1.96. The van der Waals surface area contributed by atoms with Gasteiger partial charge in [0.15, 0.2) is 11.2 Å². The Kier molecular flexibility index (Phi) is 2.93. The molecule has 0 aliphatic rings. The van der Waals surface area contributed by atoms with Crippen molar-refractivity contribution in [1.82, 2.24) is 25.4 Å². The number of aromatic nitrogens is 5. The molecule has 1 N–H and O–H groups in total. The third kappa shape index (κ3) is 1.95. The summed E-state index contributed by atoms with van der Waals surface area (Å²) in [6.07, 6.45) is 0. The number of fused-ring (bicyclic) bond motifs is 1. The van der Waals surface area contributed by atoms with Crippen molar-refractivity contribution in [1.29, 1.82) is 0 Å². The number of hydrogen-bond acceptors (Lipinski definition) is 5. The fourth-order valence-corrected chi connectivity index (χ4v) is 2.21. The van der Waals surface area contributed by atoms with E-state index >= 15 is 0 Å². The normalized spacial score (nSPS) is 10.9. The van der Waals surface area contributed by atoms with E-state index in [0.29, 0.717) is 16.3 Å². The van der Waals surface area contributed by atoms with Crippen LogP contribution < -0.4 is 0 Å². The van der Waals surface area contributed by atoms with Crippen LogP contribution in [0.5, 0.6) is 0 Å². The molecule has 0 unspecified atom stereocenters. The van der Waals surface area contributed by atoms with Crippen molar-refractivity contribution in [2.75, 3.05) is 5.75 Å². The van der Waals surface area contributed by atoms with Crippen LogP contribution in [0.1, 0.15) is 6.92 Å². The first-order valence-corrected chi connectivity index (χ1v) is 6.64. The Bertz CT molecular complexity index is 665. The molecule has 5 nitrogen and oxygen atoms in total. The van der Waals surface area contributed by atoms with Crippen molar-refractivity contribution in [2.45, 2.75) is 12.1 Å².